The number of nitrogens with one attached hydrogen (secondary N) is 2. The van der Waals surface area contributed by atoms with Gasteiger partial charge in [-0.1, -0.05) is 18.6 Å². The molecule has 1 atom stereocenters. The Bertz CT molecular complexity index is 336. The lowest BCUT2D eigenvalue weighted by atomic mass is 9.97. The highest BCUT2D eigenvalue weighted by atomic mass is 16.3. The Morgan fingerprint density at radius 3 is 2.74 bits per heavy atom. The van der Waals surface area contributed by atoms with Crippen molar-refractivity contribution in [2.75, 3.05) is 13.2 Å². The zero-order chi connectivity index (χ0) is 14.1. The van der Waals surface area contributed by atoms with Gasteiger partial charge in [0.25, 0.3) is 0 Å². The second-order valence-electron chi connectivity index (χ2n) is 4.88. The summed E-state index contributed by atoms with van der Waals surface area (Å²) < 4.78 is 0. The molecule has 0 aromatic carbocycles. The highest BCUT2D eigenvalue weighted by molar-refractivity contribution is 6.35. The van der Waals surface area contributed by atoms with Crippen molar-refractivity contribution >= 4 is 11.8 Å². The van der Waals surface area contributed by atoms with Crippen LogP contribution in [0.3, 0.4) is 0 Å². The third-order valence-electron chi connectivity index (χ3n) is 3.37. The van der Waals surface area contributed by atoms with Crippen LogP contribution in [0.4, 0.5) is 0 Å². The first-order valence-corrected chi connectivity index (χ1v) is 7.04. The molecule has 0 aromatic heterocycles. The quantitative estimate of drug-likeness (QED) is 0.494. The van der Waals surface area contributed by atoms with Crippen LogP contribution in [0.2, 0.25) is 0 Å². The molecule has 5 heteroatoms. The zero-order valence-electron chi connectivity index (χ0n) is 11.6. The lowest BCUT2D eigenvalue weighted by Gasteiger charge is -2.15. The highest BCUT2D eigenvalue weighted by Gasteiger charge is 2.16. The molecule has 0 heterocycles. The summed E-state index contributed by atoms with van der Waals surface area (Å²) in [6, 6.07) is -0.348. The molecular formula is C14H24N2O3. The molecule has 0 aliphatic heterocycles. The van der Waals surface area contributed by atoms with Crippen molar-refractivity contribution < 1.29 is 14.7 Å². The maximum Gasteiger partial charge on any atom is 0.309 e. The fourth-order valence-electron chi connectivity index (χ4n) is 2.08. The normalized spacial score (nSPS) is 16.4. The van der Waals surface area contributed by atoms with Crippen molar-refractivity contribution in [3.8, 4) is 0 Å². The number of amides is 2. The van der Waals surface area contributed by atoms with Crippen LogP contribution in [-0.2, 0) is 9.59 Å². The molecule has 108 valence electrons. The molecule has 3 N–H and O–H groups in total. The number of rotatable bonds is 6. The van der Waals surface area contributed by atoms with Crippen molar-refractivity contribution in [1.82, 2.24) is 10.6 Å². The maximum absolute atomic E-state index is 11.5. The van der Waals surface area contributed by atoms with Gasteiger partial charge in [-0.2, -0.15) is 0 Å². The molecule has 0 bridgehead atoms. The van der Waals surface area contributed by atoms with E-state index in [9.17, 15) is 9.59 Å². The van der Waals surface area contributed by atoms with Crippen molar-refractivity contribution in [3.63, 3.8) is 0 Å². The molecule has 0 unspecified atom stereocenters. The molecule has 1 aliphatic rings. The zero-order valence-corrected chi connectivity index (χ0v) is 11.6. The van der Waals surface area contributed by atoms with Gasteiger partial charge in [-0.3, -0.25) is 9.59 Å². The molecule has 1 rings (SSSR count). The van der Waals surface area contributed by atoms with E-state index in [4.69, 9.17) is 5.11 Å². The van der Waals surface area contributed by atoms with Crippen LogP contribution >= 0.6 is 0 Å². The van der Waals surface area contributed by atoms with Crippen molar-refractivity contribution in [3.05, 3.63) is 11.6 Å². The Labute approximate surface area is 114 Å². The van der Waals surface area contributed by atoms with Gasteiger partial charge in [-0.05, 0) is 38.5 Å². The van der Waals surface area contributed by atoms with Crippen LogP contribution in [0.15, 0.2) is 11.6 Å². The van der Waals surface area contributed by atoms with Crippen LogP contribution in [-0.4, -0.2) is 36.1 Å². The SMILES string of the molecule is CC[C@@H](CO)NC(=O)C(=O)NCCC1=CCCCC1. The van der Waals surface area contributed by atoms with Gasteiger partial charge >= 0.3 is 11.8 Å². The van der Waals surface area contributed by atoms with E-state index in [1.165, 1.54) is 18.4 Å². The Kier molecular flexibility index (Phi) is 7.18. The highest BCUT2D eigenvalue weighted by Crippen LogP contribution is 2.19. The Morgan fingerprint density at radius 1 is 1.37 bits per heavy atom. The molecule has 19 heavy (non-hydrogen) atoms. The summed E-state index contributed by atoms with van der Waals surface area (Å²) in [4.78, 5) is 23.0. The predicted octanol–water partition coefficient (Wildman–Crippen LogP) is 0.880. The number of aliphatic hydroxyl groups is 1. The molecule has 0 aromatic rings. The third-order valence-corrected chi connectivity index (χ3v) is 3.37. The summed E-state index contributed by atoms with van der Waals surface area (Å²) in [5, 5.41) is 14.0. The molecule has 2 amide bonds. The smallest absolute Gasteiger partial charge is 0.309 e. The van der Waals surface area contributed by atoms with E-state index in [1.807, 2.05) is 6.92 Å². The number of aliphatic hydroxyl groups excluding tert-OH is 1. The first-order valence-electron chi connectivity index (χ1n) is 7.04. The Hall–Kier alpha value is -1.36. The van der Waals surface area contributed by atoms with Crippen molar-refractivity contribution in [1.29, 1.82) is 0 Å². The van der Waals surface area contributed by atoms with Crippen molar-refractivity contribution in [2.24, 2.45) is 0 Å². The fraction of sp³-hybridized carbons (Fsp3) is 0.714. The van der Waals surface area contributed by atoms with E-state index in [1.54, 1.807) is 0 Å². The fourth-order valence-corrected chi connectivity index (χ4v) is 2.08. The largest absolute Gasteiger partial charge is 0.394 e. The topological polar surface area (TPSA) is 78.4 Å². The average molecular weight is 268 g/mol. The van der Waals surface area contributed by atoms with Crippen LogP contribution in [0.25, 0.3) is 0 Å². The standard InChI is InChI=1S/C14H24N2O3/c1-2-12(10-17)16-14(19)13(18)15-9-8-11-6-4-3-5-7-11/h6,12,17H,2-5,7-10H2,1H3,(H,15,18)(H,16,19)/t12-/m0/s1. The van der Waals surface area contributed by atoms with E-state index in [2.05, 4.69) is 16.7 Å². The van der Waals surface area contributed by atoms with E-state index >= 15 is 0 Å². The minimum atomic E-state index is -0.668. The first kappa shape index (κ1) is 15.7. The van der Waals surface area contributed by atoms with Crippen LogP contribution in [0.5, 0.6) is 0 Å². The summed E-state index contributed by atoms with van der Waals surface area (Å²) in [6.45, 7) is 2.19. The molecular weight excluding hydrogens is 244 g/mol. The van der Waals surface area contributed by atoms with Crippen LogP contribution in [0.1, 0.15) is 45.4 Å². The van der Waals surface area contributed by atoms with Gasteiger partial charge in [0.05, 0.1) is 12.6 Å². The Morgan fingerprint density at radius 2 is 2.16 bits per heavy atom. The predicted molar refractivity (Wildman–Crippen MR) is 73.5 cm³/mol. The van der Waals surface area contributed by atoms with Gasteiger partial charge in [-0.25, -0.2) is 0 Å². The Balaban J connectivity index is 2.22. The van der Waals surface area contributed by atoms with E-state index in [0.29, 0.717) is 13.0 Å². The average Bonchev–Trinajstić information content (AvgIpc) is 2.45. The van der Waals surface area contributed by atoms with Gasteiger partial charge in [0.2, 0.25) is 0 Å². The summed E-state index contributed by atoms with van der Waals surface area (Å²) in [5.74, 6) is -1.29. The van der Waals surface area contributed by atoms with Gasteiger partial charge in [0.15, 0.2) is 0 Å². The number of carbonyl (C=O) groups is 2. The van der Waals surface area contributed by atoms with Crippen LogP contribution < -0.4 is 10.6 Å². The number of carbonyl (C=O) groups excluding carboxylic acids is 2. The monoisotopic (exact) mass is 268 g/mol. The molecule has 0 spiro atoms. The lowest BCUT2D eigenvalue weighted by molar-refractivity contribution is -0.139. The number of allylic oxidation sites excluding steroid dienone is 1. The third kappa shape index (κ3) is 5.87. The van der Waals surface area contributed by atoms with E-state index in [-0.39, 0.29) is 12.6 Å². The minimum absolute atomic E-state index is 0.150. The number of hydrogen-bond donors (Lipinski definition) is 3. The second kappa shape index (κ2) is 8.69. The molecule has 1 aliphatic carbocycles. The lowest BCUT2D eigenvalue weighted by Crippen LogP contribution is -2.45. The summed E-state index contributed by atoms with van der Waals surface area (Å²) >= 11 is 0. The molecule has 5 nitrogen and oxygen atoms in total. The minimum Gasteiger partial charge on any atom is -0.394 e. The van der Waals surface area contributed by atoms with E-state index < -0.39 is 11.8 Å². The summed E-state index contributed by atoms with van der Waals surface area (Å²) in [7, 11) is 0. The summed E-state index contributed by atoms with van der Waals surface area (Å²) in [6.07, 6.45) is 8.34. The number of hydrogen-bond acceptors (Lipinski definition) is 3. The molecule has 0 radical (unpaired) electrons. The molecule has 0 saturated carbocycles. The van der Waals surface area contributed by atoms with Gasteiger partial charge < -0.3 is 15.7 Å². The second-order valence-corrected chi connectivity index (χ2v) is 4.88. The van der Waals surface area contributed by atoms with Crippen molar-refractivity contribution in [2.45, 2.75) is 51.5 Å². The molecule has 0 fully saturated rings. The van der Waals surface area contributed by atoms with E-state index in [0.717, 1.165) is 19.3 Å². The van der Waals surface area contributed by atoms with Gasteiger partial charge in [-0.15, -0.1) is 0 Å². The van der Waals surface area contributed by atoms with Crippen LogP contribution in [0, 0.1) is 0 Å². The van der Waals surface area contributed by atoms with Gasteiger partial charge in [0, 0.05) is 6.54 Å². The maximum atomic E-state index is 11.5. The first-order chi connectivity index (χ1) is 9.17. The summed E-state index contributed by atoms with van der Waals surface area (Å²) in [5.41, 5.74) is 1.37. The van der Waals surface area contributed by atoms with Gasteiger partial charge in [0.1, 0.15) is 0 Å². The molecule has 0 saturated heterocycles.